The van der Waals surface area contributed by atoms with Crippen LogP contribution in [0, 0.1) is 11.8 Å². The van der Waals surface area contributed by atoms with Crippen molar-refractivity contribution in [2.24, 2.45) is 11.8 Å². The van der Waals surface area contributed by atoms with E-state index in [-0.39, 0.29) is 34.2 Å². The van der Waals surface area contributed by atoms with Crippen molar-refractivity contribution in [1.29, 1.82) is 0 Å². The molecule has 0 spiro atoms. The molecular formula is C16H20Cl2N2O3S. The molecule has 0 saturated heterocycles. The van der Waals surface area contributed by atoms with Crippen LogP contribution in [0.5, 0.6) is 0 Å². The summed E-state index contributed by atoms with van der Waals surface area (Å²) in [6.45, 7) is -0.299. The molecule has 132 valence electrons. The molecule has 2 fully saturated rings. The van der Waals surface area contributed by atoms with Gasteiger partial charge in [-0.25, -0.2) is 8.42 Å². The van der Waals surface area contributed by atoms with E-state index in [0.717, 1.165) is 23.4 Å². The normalized spacial score (nSPS) is 25.7. The highest BCUT2D eigenvalue weighted by Crippen LogP contribution is 2.44. The Morgan fingerprint density at radius 3 is 2.62 bits per heavy atom. The molecule has 3 atom stereocenters. The average molecular weight is 391 g/mol. The van der Waals surface area contributed by atoms with E-state index in [0.29, 0.717) is 11.8 Å². The predicted molar refractivity (Wildman–Crippen MR) is 96.0 cm³/mol. The van der Waals surface area contributed by atoms with Crippen LogP contribution in [0.25, 0.3) is 0 Å². The highest BCUT2D eigenvalue weighted by molar-refractivity contribution is 7.92. The first-order valence-electron chi connectivity index (χ1n) is 7.97. The zero-order valence-electron chi connectivity index (χ0n) is 13.3. The molecule has 2 saturated carbocycles. The van der Waals surface area contributed by atoms with Gasteiger partial charge in [0.2, 0.25) is 15.9 Å². The molecule has 0 heterocycles. The van der Waals surface area contributed by atoms with Gasteiger partial charge in [0.1, 0.15) is 6.54 Å². The number of halogens is 2. The number of anilines is 1. The molecule has 1 amide bonds. The maximum Gasteiger partial charge on any atom is 0.241 e. The minimum atomic E-state index is -3.67. The van der Waals surface area contributed by atoms with Crippen molar-refractivity contribution in [2.45, 2.75) is 31.7 Å². The van der Waals surface area contributed by atoms with Crippen LogP contribution in [0.4, 0.5) is 5.69 Å². The van der Waals surface area contributed by atoms with Gasteiger partial charge < -0.3 is 5.32 Å². The Labute approximate surface area is 152 Å². The summed E-state index contributed by atoms with van der Waals surface area (Å²) in [6.07, 6.45) is 5.60. The summed E-state index contributed by atoms with van der Waals surface area (Å²) in [5.41, 5.74) is 0.217. The molecule has 0 unspecified atom stereocenters. The molecule has 1 aromatic rings. The fourth-order valence-electron chi connectivity index (χ4n) is 3.87. The molecule has 1 N–H and O–H groups in total. The number of hydrogen-bond acceptors (Lipinski definition) is 3. The fourth-order valence-corrected chi connectivity index (χ4v) is 5.18. The first-order chi connectivity index (χ1) is 11.3. The van der Waals surface area contributed by atoms with E-state index in [1.807, 2.05) is 0 Å². The smallest absolute Gasteiger partial charge is 0.241 e. The van der Waals surface area contributed by atoms with Crippen LogP contribution in [0.2, 0.25) is 10.0 Å². The van der Waals surface area contributed by atoms with Crippen molar-refractivity contribution in [2.75, 3.05) is 17.1 Å². The van der Waals surface area contributed by atoms with Crippen LogP contribution in [0.1, 0.15) is 25.7 Å². The van der Waals surface area contributed by atoms with Crippen LogP contribution in [-0.4, -0.2) is 33.2 Å². The third-order valence-electron chi connectivity index (χ3n) is 4.97. The van der Waals surface area contributed by atoms with Gasteiger partial charge in [0.25, 0.3) is 0 Å². The van der Waals surface area contributed by atoms with Gasteiger partial charge in [-0.3, -0.25) is 9.10 Å². The quantitative estimate of drug-likeness (QED) is 0.839. The second kappa shape index (κ2) is 6.73. The number of benzene rings is 1. The van der Waals surface area contributed by atoms with Gasteiger partial charge in [0, 0.05) is 6.04 Å². The van der Waals surface area contributed by atoms with Gasteiger partial charge in [-0.1, -0.05) is 35.7 Å². The standard InChI is InChI=1S/C16H20Cl2N2O3S/c1-24(22,23)20(14-4-2-3-12(17)16(14)18)9-15(21)19-13-8-10-5-6-11(13)7-10/h2-4,10-11,13H,5-9H2,1H3,(H,19,21)/t10-,11+,13+/m1/s1. The molecule has 0 radical (unpaired) electrons. The van der Waals surface area contributed by atoms with E-state index in [9.17, 15) is 13.2 Å². The lowest BCUT2D eigenvalue weighted by Crippen LogP contribution is -2.45. The molecule has 0 aromatic heterocycles. The Balaban J connectivity index is 1.75. The van der Waals surface area contributed by atoms with Crippen molar-refractivity contribution in [1.82, 2.24) is 5.32 Å². The molecule has 1 aromatic carbocycles. The van der Waals surface area contributed by atoms with Crippen LogP contribution >= 0.6 is 23.2 Å². The van der Waals surface area contributed by atoms with Crippen molar-refractivity contribution in [3.8, 4) is 0 Å². The van der Waals surface area contributed by atoms with Crippen molar-refractivity contribution >= 4 is 44.8 Å². The Morgan fingerprint density at radius 1 is 1.29 bits per heavy atom. The van der Waals surface area contributed by atoms with Crippen molar-refractivity contribution in [3.63, 3.8) is 0 Å². The maximum atomic E-state index is 12.4. The van der Waals surface area contributed by atoms with E-state index in [2.05, 4.69) is 5.32 Å². The van der Waals surface area contributed by atoms with Crippen LogP contribution < -0.4 is 9.62 Å². The van der Waals surface area contributed by atoms with Crippen molar-refractivity contribution in [3.05, 3.63) is 28.2 Å². The zero-order valence-corrected chi connectivity index (χ0v) is 15.7. The van der Waals surface area contributed by atoms with Gasteiger partial charge in [0.15, 0.2) is 0 Å². The third-order valence-corrected chi connectivity index (χ3v) is 6.91. The number of nitrogens with zero attached hydrogens (tertiary/aromatic N) is 1. The minimum absolute atomic E-state index is 0.123. The summed E-state index contributed by atoms with van der Waals surface area (Å²) in [5.74, 6) is 0.920. The summed E-state index contributed by atoms with van der Waals surface area (Å²) in [5, 5.41) is 3.36. The Hall–Kier alpha value is -0.980. The number of amides is 1. The molecule has 2 aliphatic carbocycles. The molecular weight excluding hydrogens is 371 g/mol. The van der Waals surface area contributed by atoms with Gasteiger partial charge in [-0.15, -0.1) is 0 Å². The van der Waals surface area contributed by atoms with E-state index >= 15 is 0 Å². The minimum Gasteiger partial charge on any atom is -0.352 e. The third kappa shape index (κ3) is 3.65. The maximum absolute atomic E-state index is 12.4. The number of rotatable bonds is 5. The number of sulfonamides is 1. The number of nitrogens with one attached hydrogen (secondary N) is 1. The largest absolute Gasteiger partial charge is 0.352 e. The lowest BCUT2D eigenvalue weighted by atomic mass is 9.95. The second-order valence-corrected chi connectivity index (χ2v) is 9.38. The lowest BCUT2D eigenvalue weighted by Gasteiger charge is -2.26. The van der Waals surface area contributed by atoms with E-state index < -0.39 is 10.0 Å². The monoisotopic (exact) mass is 390 g/mol. The van der Waals surface area contributed by atoms with E-state index in [1.54, 1.807) is 18.2 Å². The van der Waals surface area contributed by atoms with Crippen LogP contribution in [-0.2, 0) is 14.8 Å². The highest BCUT2D eigenvalue weighted by atomic mass is 35.5. The Kier molecular flexibility index (Phi) is 5.00. The summed E-state index contributed by atoms with van der Waals surface area (Å²) in [6, 6.07) is 4.88. The first-order valence-corrected chi connectivity index (χ1v) is 10.6. The molecule has 0 aliphatic heterocycles. The summed E-state index contributed by atoms with van der Waals surface area (Å²) >= 11 is 12.1. The first kappa shape index (κ1) is 17.8. The summed E-state index contributed by atoms with van der Waals surface area (Å²) in [7, 11) is -3.67. The predicted octanol–water partition coefficient (Wildman–Crippen LogP) is 3.06. The van der Waals surface area contributed by atoms with Gasteiger partial charge >= 0.3 is 0 Å². The van der Waals surface area contributed by atoms with Crippen molar-refractivity contribution < 1.29 is 13.2 Å². The zero-order chi connectivity index (χ0) is 17.5. The fraction of sp³-hybridized carbons (Fsp3) is 0.562. The van der Waals surface area contributed by atoms with Gasteiger partial charge in [-0.2, -0.15) is 0 Å². The molecule has 2 aliphatic rings. The topological polar surface area (TPSA) is 66.5 Å². The van der Waals surface area contributed by atoms with Gasteiger partial charge in [-0.05, 0) is 43.2 Å². The molecule has 5 nitrogen and oxygen atoms in total. The van der Waals surface area contributed by atoms with Crippen LogP contribution in [0.3, 0.4) is 0 Å². The van der Waals surface area contributed by atoms with E-state index in [1.165, 1.54) is 12.8 Å². The Morgan fingerprint density at radius 2 is 2.04 bits per heavy atom. The molecule has 24 heavy (non-hydrogen) atoms. The average Bonchev–Trinajstić information content (AvgIpc) is 3.09. The Bertz CT molecular complexity index is 754. The number of carbonyl (C=O) groups is 1. The molecule has 8 heteroatoms. The van der Waals surface area contributed by atoms with Gasteiger partial charge in [0.05, 0.1) is 22.0 Å². The lowest BCUT2D eigenvalue weighted by molar-refractivity contribution is -0.120. The molecule has 3 rings (SSSR count). The number of hydrogen-bond donors (Lipinski definition) is 1. The van der Waals surface area contributed by atoms with Crippen LogP contribution in [0.15, 0.2) is 18.2 Å². The van der Waals surface area contributed by atoms with E-state index in [4.69, 9.17) is 23.2 Å². The molecule has 2 bridgehead atoms. The SMILES string of the molecule is CS(=O)(=O)N(CC(=O)N[C@H]1C[C@@H]2CC[C@H]1C2)c1cccc(Cl)c1Cl. The number of fused-ring (bicyclic) bond motifs is 2. The summed E-state index contributed by atoms with van der Waals surface area (Å²) in [4.78, 5) is 12.4. The highest BCUT2D eigenvalue weighted by Gasteiger charge is 2.40. The summed E-state index contributed by atoms with van der Waals surface area (Å²) < 4.78 is 25.3. The second-order valence-electron chi connectivity index (χ2n) is 6.69. The number of carbonyl (C=O) groups excluding carboxylic acids is 1.